The highest BCUT2D eigenvalue weighted by molar-refractivity contribution is 7.87. The molecule has 1 aliphatic carbocycles. The molecule has 2 atom stereocenters. The molecule has 0 radical (unpaired) electrons. The van der Waals surface area contributed by atoms with Gasteiger partial charge in [-0.25, -0.2) is 9.11 Å². The summed E-state index contributed by atoms with van der Waals surface area (Å²) in [6, 6.07) is 6.31. The Morgan fingerprint density at radius 1 is 1.18 bits per heavy atom. The second-order valence-electron chi connectivity index (χ2n) is 5.90. The van der Waals surface area contributed by atoms with E-state index < -0.39 is 22.0 Å². The van der Waals surface area contributed by atoms with Gasteiger partial charge in [0.2, 0.25) is 5.91 Å². The summed E-state index contributed by atoms with van der Waals surface area (Å²) < 4.78 is 41.5. The Kier molecular flexibility index (Phi) is 4.18. The first-order valence-corrected chi connectivity index (χ1v) is 8.99. The second kappa shape index (κ2) is 5.96. The maximum absolute atomic E-state index is 13.7. The Balaban J connectivity index is 1.63. The van der Waals surface area contributed by atoms with Crippen LogP contribution < -0.4 is 4.72 Å². The van der Waals surface area contributed by atoms with E-state index in [-0.39, 0.29) is 11.7 Å². The summed E-state index contributed by atoms with van der Waals surface area (Å²) in [6.07, 6.45) is 3.13. The van der Waals surface area contributed by atoms with Crippen LogP contribution in [0.1, 0.15) is 37.2 Å². The molecule has 1 saturated carbocycles. The van der Waals surface area contributed by atoms with Crippen molar-refractivity contribution in [1.29, 1.82) is 0 Å². The van der Waals surface area contributed by atoms with Crippen LogP contribution in [0.4, 0.5) is 4.39 Å². The lowest BCUT2D eigenvalue weighted by molar-refractivity contribution is -0.120. The zero-order valence-corrected chi connectivity index (χ0v) is 13.0. The summed E-state index contributed by atoms with van der Waals surface area (Å²) in [5, 5.41) is 0. The summed E-state index contributed by atoms with van der Waals surface area (Å²) in [7, 11) is -3.76. The number of hydrogen-bond donors (Lipinski definition) is 1. The van der Waals surface area contributed by atoms with Crippen molar-refractivity contribution in [2.45, 2.75) is 31.6 Å². The van der Waals surface area contributed by atoms with Gasteiger partial charge in [0.15, 0.2) is 0 Å². The molecule has 0 aromatic heterocycles. The number of benzene rings is 1. The first-order chi connectivity index (χ1) is 10.5. The number of halogens is 1. The Hall–Kier alpha value is -1.47. The maximum Gasteiger partial charge on any atom is 0.303 e. The van der Waals surface area contributed by atoms with Gasteiger partial charge in [0.1, 0.15) is 5.82 Å². The summed E-state index contributed by atoms with van der Waals surface area (Å²) in [5.41, 5.74) is 0.484. The van der Waals surface area contributed by atoms with E-state index in [4.69, 9.17) is 0 Å². The lowest BCUT2D eigenvalue weighted by atomic mass is 10.1. The van der Waals surface area contributed by atoms with Crippen molar-refractivity contribution in [3.63, 3.8) is 0 Å². The fraction of sp³-hybridized carbons (Fsp3) is 0.533. The van der Waals surface area contributed by atoms with Gasteiger partial charge < -0.3 is 0 Å². The highest BCUT2D eigenvalue weighted by Crippen LogP contribution is 2.48. The minimum Gasteiger partial charge on any atom is -0.274 e. The fourth-order valence-corrected chi connectivity index (χ4v) is 4.25. The Morgan fingerprint density at radius 3 is 2.55 bits per heavy atom. The molecular formula is C15H19FN2O3S. The predicted octanol–water partition coefficient (Wildman–Crippen LogP) is 1.78. The third kappa shape index (κ3) is 3.15. The predicted molar refractivity (Wildman–Crippen MR) is 79.7 cm³/mol. The van der Waals surface area contributed by atoms with Crippen molar-refractivity contribution in [2.24, 2.45) is 5.92 Å². The van der Waals surface area contributed by atoms with Crippen LogP contribution >= 0.6 is 0 Å². The van der Waals surface area contributed by atoms with E-state index in [1.807, 2.05) is 0 Å². The number of rotatable bonds is 4. The van der Waals surface area contributed by atoms with Gasteiger partial charge in [0, 0.05) is 19.0 Å². The summed E-state index contributed by atoms with van der Waals surface area (Å²) in [5.74, 6) is -1.56. The number of nitrogens with zero attached hydrogens (tertiary/aromatic N) is 1. The quantitative estimate of drug-likeness (QED) is 0.917. The molecule has 3 rings (SSSR count). The van der Waals surface area contributed by atoms with Crippen LogP contribution in [-0.2, 0) is 15.0 Å². The molecule has 1 aromatic carbocycles. The highest BCUT2D eigenvalue weighted by atomic mass is 32.2. The van der Waals surface area contributed by atoms with Gasteiger partial charge in [-0.05, 0) is 36.8 Å². The Morgan fingerprint density at radius 2 is 1.86 bits per heavy atom. The number of carbonyl (C=O) groups is 1. The van der Waals surface area contributed by atoms with Crippen molar-refractivity contribution in [2.75, 3.05) is 13.1 Å². The molecule has 1 saturated heterocycles. The molecule has 0 spiro atoms. The third-order valence-electron chi connectivity index (χ3n) is 4.32. The van der Waals surface area contributed by atoms with Crippen molar-refractivity contribution >= 4 is 16.1 Å². The van der Waals surface area contributed by atoms with E-state index >= 15 is 0 Å². The molecule has 2 aliphatic rings. The largest absolute Gasteiger partial charge is 0.303 e. The van der Waals surface area contributed by atoms with Crippen LogP contribution in [0.2, 0.25) is 0 Å². The molecule has 1 aromatic rings. The van der Waals surface area contributed by atoms with Gasteiger partial charge in [-0.3, -0.25) is 4.79 Å². The van der Waals surface area contributed by atoms with Crippen LogP contribution in [0.5, 0.6) is 0 Å². The minimum atomic E-state index is -3.76. The molecule has 2 fully saturated rings. The Bertz CT molecular complexity index is 671. The molecule has 1 heterocycles. The summed E-state index contributed by atoms with van der Waals surface area (Å²) in [4.78, 5) is 12.1. The molecule has 120 valence electrons. The van der Waals surface area contributed by atoms with Gasteiger partial charge in [0.25, 0.3) is 0 Å². The number of carbonyl (C=O) groups excluding carboxylic acids is 1. The van der Waals surface area contributed by atoms with Gasteiger partial charge in [0.05, 0.1) is 0 Å². The smallest absolute Gasteiger partial charge is 0.274 e. The number of amides is 1. The van der Waals surface area contributed by atoms with Gasteiger partial charge in [-0.2, -0.15) is 12.7 Å². The van der Waals surface area contributed by atoms with Crippen LogP contribution in [-0.4, -0.2) is 31.7 Å². The topological polar surface area (TPSA) is 66.5 Å². The SMILES string of the molecule is O=C(NS(=O)(=O)N1CCCCC1)C1CC1c1ccccc1F. The van der Waals surface area contributed by atoms with Gasteiger partial charge in [-0.15, -0.1) is 0 Å². The molecule has 2 unspecified atom stereocenters. The summed E-state index contributed by atoms with van der Waals surface area (Å²) in [6.45, 7) is 0.897. The highest BCUT2D eigenvalue weighted by Gasteiger charge is 2.46. The van der Waals surface area contributed by atoms with E-state index in [1.165, 1.54) is 10.4 Å². The molecule has 1 N–H and O–H groups in total. The number of hydrogen-bond acceptors (Lipinski definition) is 3. The van der Waals surface area contributed by atoms with E-state index in [9.17, 15) is 17.6 Å². The van der Waals surface area contributed by atoms with E-state index in [0.717, 1.165) is 19.3 Å². The fourth-order valence-electron chi connectivity index (χ4n) is 2.98. The molecule has 1 amide bonds. The molecule has 0 bridgehead atoms. The molecule has 1 aliphatic heterocycles. The van der Waals surface area contributed by atoms with Crippen LogP contribution in [0.25, 0.3) is 0 Å². The van der Waals surface area contributed by atoms with Crippen molar-refractivity contribution in [3.8, 4) is 0 Å². The zero-order chi connectivity index (χ0) is 15.7. The van der Waals surface area contributed by atoms with Crippen LogP contribution in [0.3, 0.4) is 0 Å². The zero-order valence-electron chi connectivity index (χ0n) is 12.2. The molecule has 22 heavy (non-hydrogen) atoms. The Labute approximate surface area is 129 Å². The van der Waals surface area contributed by atoms with Crippen molar-refractivity contribution < 1.29 is 17.6 Å². The molecular weight excluding hydrogens is 307 g/mol. The standard InChI is InChI=1S/C15H19FN2O3S/c16-14-7-3-2-6-11(14)12-10-13(12)15(19)17-22(20,21)18-8-4-1-5-9-18/h2-3,6-7,12-13H,1,4-5,8-10H2,(H,17,19). The monoisotopic (exact) mass is 326 g/mol. The molecule has 5 nitrogen and oxygen atoms in total. The normalized spacial score (nSPS) is 25.7. The second-order valence-corrected chi connectivity index (χ2v) is 7.57. The first kappa shape index (κ1) is 15.4. The lowest BCUT2D eigenvalue weighted by Crippen LogP contribution is -2.46. The average molecular weight is 326 g/mol. The third-order valence-corrected chi connectivity index (χ3v) is 5.82. The lowest BCUT2D eigenvalue weighted by Gasteiger charge is -2.25. The van der Waals surface area contributed by atoms with Gasteiger partial charge in [-0.1, -0.05) is 24.6 Å². The number of nitrogens with one attached hydrogen (secondary N) is 1. The van der Waals surface area contributed by atoms with E-state index in [0.29, 0.717) is 25.1 Å². The molecule has 7 heteroatoms. The van der Waals surface area contributed by atoms with Crippen LogP contribution in [0.15, 0.2) is 24.3 Å². The summed E-state index contributed by atoms with van der Waals surface area (Å²) >= 11 is 0. The van der Waals surface area contributed by atoms with Crippen molar-refractivity contribution in [1.82, 2.24) is 9.03 Å². The first-order valence-electron chi connectivity index (χ1n) is 7.55. The average Bonchev–Trinajstić information content (AvgIpc) is 3.29. The van der Waals surface area contributed by atoms with E-state index in [1.54, 1.807) is 18.2 Å². The number of piperidine rings is 1. The van der Waals surface area contributed by atoms with Gasteiger partial charge >= 0.3 is 10.2 Å². The van der Waals surface area contributed by atoms with Crippen LogP contribution in [0, 0.1) is 11.7 Å². The maximum atomic E-state index is 13.7. The van der Waals surface area contributed by atoms with E-state index in [2.05, 4.69) is 4.72 Å². The van der Waals surface area contributed by atoms with Crippen molar-refractivity contribution in [3.05, 3.63) is 35.6 Å². The minimum absolute atomic E-state index is 0.224.